The van der Waals surface area contributed by atoms with Crippen LogP contribution in [0.4, 0.5) is 0 Å². The molecular formula is C19H30O4. The lowest BCUT2D eigenvalue weighted by molar-refractivity contribution is -0.00758. The van der Waals surface area contributed by atoms with E-state index in [2.05, 4.69) is 12.1 Å². The Bertz CT molecular complexity index is 376. The van der Waals surface area contributed by atoms with Gasteiger partial charge in [0.2, 0.25) is 0 Å². The van der Waals surface area contributed by atoms with Crippen LogP contribution in [0.25, 0.3) is 0 Å². The molecule has 0 heterocycles. The molecule has 0 unspecified atom stereocenters. The largest absolute Gasteiger partial charge is 0.379 e. The Labute approximate surface area is 140 Å². The van der Waals surface area contributed by atoms with Gasteiger partial charge in [0.15, 0.2) is 0 Å². The predicted octanol–water partition coefficient (Wildman–Crippen LogP) is 3.44. The number of hydrogen-bond donors (Lipinski definition) is 0. The van der Waals surface area contributed by atoms with Gasteiger partial charge in [-0.25, -0.2) is 0 Å². The van der Waals surface area contributed by atoms with Gasteiger partial charge in [-0.15, -0.1) is 0 Å². The molecule has 2 rings (SSSR count). The molecule has 0 bridgehead atoms. The molecule has 4 heteroatoms. The van der Waals surface area contributed by atoms with Crippen LogP contribution in [0.5, 0.6) is 0 Å². The zero-order valence-electron chi connectivity index (χ0n) is 14.1. The molecule has 130 valence electrons. The van der Waals surface area contributed by atoms with E-state index < -0.39 is 0 Å². The topological polar surface area (TPSA) is 36.9 Å². The highest BCUT2D eigenvalue weighted by atomic mass is 16.6. The average molecular weight is 322 g/mol. The normalized spacial score (nSPS) is 15.3. The molecular weight excluding hydrogens is 292 g/mol. The van der Waals surface area contributed by atoms with Gasteiger partial charge in [-0.05, 0) is 24.3 Å². The molecule has 4 nitrogen and oxygen atoms in total. The first kappa shape index (κ1) is 18.4. The second kappa shape index (κ2) is 12.5. The molecule has 1 aromatic carbocycles. The summed E-state index contributed by atoms with van der Waals surface area (Å²) >= 11 is 0. The van der Waals surface area contributed by atoms with Crippen LogP contribution >= 0.6 is 0 Å². The minimum absolute atomic E-state index is 0.606. The standard InChI is InChI=1S/C19H30O4/c1-2-6-18(7-3-1)16-22-14-12-20-10-11-21-13-15-23-17-19-8-4-5-9-19/h1-3,6-7,19H,4-5,8-17H2. The van der Waals surface area contributed by atoms with E-state index >= 15 is 0 Å². The zero-order chi connectivity index (χ0) is 16.0. The third kappa shape index (κ3) is 9.06. The van der Waals surface area contributed by atoms with Crippen molar-refractivity contribution in [3.63, 3.8) is 0 Å². The van der Waals surface area contributed by atoms with Gasteiger partial charge in [-0.1, -0.05) is 43.2 Å². The fraction of sp³-hybridized carbons (Fsp3) is 0.684. The molecule has 0 radical (unpaired) electrons. The molecule has 1 fully saturated rings. The molecule has 1 saturated carbocycles. The monoisotopic (exact) mass is 322 g/mol. The lowest BCUT2D eigenvalue weighted by Crippen LogP contribution is -2.13. The molecule has 1 aliphatic carbocycles. The minimum Gasteiger partial charge on any atom is -0.379 e. The maximum Gasteiger partial charge on any atom is 0.0718 e. The van der Waals surface area contributed by atoms with Gasteiger partial charge in [-0.3, -0.25) is 0 Å². The first-order valence-corrected chi connectivity index (χ1v) is 8.80. The van der Waals surface area contributed by atoms with E-state index in [1.165, 1.54) is 31.2 Å². The minimum atomic E-state index is 0.606. The Balaban J connectivity index is 1.28. The van der Waals surface area contributed by atoms with Crippen molar-refractivity contribution < 1.29 is 18.9 Å². The molecule has 0 N–H and O–H groups in total. The van der Waals surface area contributed by atoms with Crippen molar-refractivity contribution in [2.75, 3.05) is 46.2 Å². The third-order valence-electron chi connectivity index (χ3n) is 4.06. The van der Waals surface area contributed by atoms with Gasteiger partial charge in [0, 0.05) is 6.61 Å². The smallest absolute Gasteiger partial charge is 0.0718 e. The Morgan fingerprint density at radius 1 is 0.696 bits per heavy atom. The van der Waals surface area contributed by atoms with Gasteiger partial charge in [0.1, 0.15) is 0 Å². The fourth-order valence-corrected chi connectivity index (χ4v) is 2.75. The molecule has 0 amide bonds. The maximum absolute atomic E-state index is 5.63. The van der Waals surface area contributed by atoms with Crippen LogP contribution in [0.1, 0.15) is 31.2 Å². The second-order valence-electron chi connectivity index (χ2n) is 5.99. The van der Waals surface area contributed by atoms with E-state index in [0.29, 0.717) is 46.2 Å². The van der Waals surface area contributed by atoms with Crippen molar-refractivity contribution in [2.24, 2.45) is 5.92 Å². The molecule has 0 atom stereocenters. The van der Waals surface area contributed by atoms with Gasteiger partial charge in [0.25, 0.3) is 0 Å². The van der Waals surface area contributed by atoms with Gasteiger partial charge in [-0.2, -0.15) is 0 Å². The molecule has 0 spiro atoms. The lowest BCUT2D eigenvalue weighted by atomic mass is 10.1. The molecule has 1 aliphatic rings. The van der Waals surface area contributed by atoms with E-state index in [0.717, 1.165) is 12.5 Å². The quantitative estimate of drug-likeness (QED) is 0.521. The van der Waals surface area contributed by atoms with Crippen LogP contribution in [-0.4, -0.2) is 46.2 Å². The molecule has 0 aliphatic heterocycles. The Hall–Kier alpha value is -0.940. The van der Waals surface area contributed by atoms with Crippen molar-refractivity contribution in [1.82, 2.24) is 0 Å². The maximum atomic E-state index is 5.63. The summed E-state index contributed by atoms with van der Waals surface area (Å²) in [6, 6.07) is 10.2. The van der Waals surface area contributed by atoms with Gasteiger partial charge in [0.05, 0.1) is 46.2 Å². The van der Waals surface area contributed by atoms with Crippen molar-refractivity contribution in [3.05, 3.63) is 35.9 Å². The van der Waals surface area contributed by atoms with Gasteiger partial charge < -0.3 is 18.9 Å². The lowest BCUT2D eigenvalue weighted by Gasteiger charge is -2.10. The van der Waals surface area contributed by atoms with Crippen LogP contribution in [0.2, 0.25) is 0 Å². The zero-order valence-corrected chi connectivity index (χ0v) is 14.1. The SMILES string of the molecule is c1ccc(COCCOCCOCCOCC2CCCC2)cc1. The van der Waals surface area contributed by atoms with Crippen molar-refractivity contribution in [1.29, 1.82) is 0 Å². The number of hydrogen-bond acceptors (Lipinski definition) is 4. The first-order chi connectivity index (χ1) is 11.4. The van der Waals surface area contributed by atoms with Crippen LogP contribution < -0.4 is 0 Å². The summed E-state index contributed by atoms with van der Waals surface area (Å²) in [7, 11) is 0. The first-order valence-electron chi connectivity index (χ1n) is 8.80. The van der Waals surface area contributed by atoms with E-state index in [4.69, 9.17) is 18.9 Å². The number of ether oxygens (including phenoxy) is 4. The van der Waals surface area contributed by atoms with Gasteiger partial charge >= 0.3 is 0 Å². The molecule has 23 heavy (non-hydrogen) atoms. The van der Waals surface area contributed by atoms with Crippen molar-refractivity contribution >= 4 is 0 Å². The molecule has 1 aromatic rings. The number of benzene rings is 1. The third-order valence-corrected chi connectivity index (χ3v) is 4.06. The highest BCUT2D eigenvalue weighted by Crippen LogP contribution is 2.24. The number of rotatable bonds is 13. The highest BCUT2D eigenvalue weighted by Gasteiger charge is 2.14. The fourth-order valence-electron chi connectivity index (χ4n) is 2.75. The summed E-state index contributed by atoms with van der Waals surface area (Å²) in [5.41, 5.74) is 1.19. The van der Waals surface area contributed by atoms with E-state index in [-0.39, 0.29) is 0 Å². The highest BCUT2D eigenvalue weighted by molar-refractivity contribution is 5.13. The van der Waals surface area contributed by atoms with Crippen LogP contribution in [-0.2, 0) is 25.6 Å². The van der Waals surface area contributed by atoms with Crippen LogP contribution in [0.3, 0.4) is 0 Å². The molecule has 0 aromatic heterocycles. The Kier molecular flexibility index (Phi) is 9.98. The van der Waals surface area contributed by atoms with Crippen molar-refractivity contribution in [3.8, 4) is 0 Å². The van der Waals surface area contributed by atoms with Crippen LogP contribution in [0.15, 0.2) is 30.3 Å². The van der Waals surface area contributed by atoms with E-state index in [1.807, 2.05) is 18.2 Å². The van der Waals surface area contributed by atoms with Crippen molar-refractivity contribution in [2.45, 2.75) is 32.3 Å². The van der Waals surface area contributed by atoms with Crippen LogP contribution in [0, 0.1) is 5.92 Å². The summed E-state index contributed by atoms with van der Waals surface area (Å²) in [5.74, 6) is 0.786. The average Bonchev–Trinajstić information content (AvgIpc) is 3.10. The predicted molar refractivity (Wildman–Crippen MR) is 90.5 cm³/mol. The Morgan fingerprint density at radius 3 is 1.91 bits per heavy atom. The summed E-state index contributed by atoms with van der Waals surface area (Å²) in [5, 5.41) is 0. The second-order valence-corrected chi connectivity index (χ2v) is 5.99. The Morgan fingerprint density at radius 2 is 1.26 bits per heavy atom. The summed E-state index contributed by atoms with van der Waals surface area (Å²) in [6.45, 7) is 5.32. The summed E-state index contributed by atoms with van der Waals surface area (Å²) < 4.78 is 22.1. The van der Waals surface area contributed by atoms with E-state index in [1.54, 1.807) is 0 Å². The summed E-state index contributed by atoms with van der Waals surface area (Å²) in [6.07, 6.45) is 5.41. The van der Waals surface area contributed by atoms with E-state index in [9.17, 15) is 0 Å². The summed E-state index contributed by atoms with van der Waals surface area (Å²) in [4.78, 5) is 0. The molecule has 0 saturated heterocycles.